The molecule has 310 valence electrons. The first-order valence-corrected chi connectivity index (χ1v) is 20.8. The van der Waals surface area contributed by atoms with Crippen LogP contribution >= 0.6 is 0 Å². The highest BCUT2D eigenvalue weighted by Crippen LogP contribution is 2.39. The number of hydrogen-bond donors (Lipinski definition) is 5. The van der Waals surface area contributed by atoms with Crippen molar-refractivity contribution in [2.45, 2.75) is 88.8 Å². The lowest BCUT2D eigenvalue weighted by Gasteiger charge is -2.36. The van der Waals surface area contributed by atoms with Crippen LogP contribution in [0.4, 0.5) is 23.1 Å². The summed E-state index contributed by atoms with van der Waals surface area (Å²) >= 11 is 0. The molecule has 4 aliphatic rings. The van der Waals surface area contributed by atoms with E-state index in [9.17, 15) is 19.2 Å². The van der Waals surface area contributed by atoms with Gasteiger partial charge in [0.2, 0.25) is 23.7 Å². The number of piperidine rings is 2. The van der Waals surface area contributed by atoms with Gasteiger partial charge in [0.05, 0.1) is 41.0 Å². The Morgan fingerprint density at radius 3 is 2.42 bits per heavy atom. The number of pyridine rings is 2. The van der Waals surface area contributed by atoms with Crippen molar-refractivity contribution in [3.05, 3.63) is 67.3 Å². The number of imide groups is 1. The van der Waals surface area contributed by atoms with Crippen molar-refractivity contribution in [3.8, 4) is 11.3 Å². The summed E-state index contributed by atoms with van der Waals surface area (Å²) in [4.78, 5) is 78.7. The van der Waals surface area contributed by atoms with Gasteiger partial charge in [0.15, 0.2) is 5.82 Å². The zero-order valence-corrected chi connectivity index (χ0v) is 33.4. The highest BCUT2D eigenvalue weighted by Gasteiger charge is 2.38. The van der Waals surface area contributed by atoms with Crippen LogP contribution in [0.25, 0.3) is 22.3 Å². The van der Waals surface area contributed by atoms with Crippen LogP contribution in [0, 0.1) is 11.8 Å². The van der Waals surface area contributed by atoms with Crippen LogP contribution in [-0.2, 0) is 14.4 Å². The Kier molecular flexibility index (Phi) is 10.7. The molecule has 9 rings (SSSR count). The minimum atomic E-state index is -0.749. The highest BCUT2D eigenvalue weighted by atomic mass is 16.2. The fourth-order valence-electron chi connectivity index (χ4n) is 8.26. The van der Waals surface area contributed by atoms with E-state index in [1.807, 2.05) is 27.9 Å². The number of nitrogens with zero attached hydrogens (tertiary/aromatic N) is 9. The van der Waals surface area contributed by atoms with E-state index in [4.69, 9.17) is 15.0 Å². The van der Waals surface area contributed by atoms with Gasteiger partial charge in [-0.25, -0.2) is 24.9 Å². The number of amides is 4. The van der Waals surface area contributed by atoms with Crippen molar-refractivity contribution in [1.29, 1.82) is 0 Å². The molecule has 0 bridgehead atoms. The van der Waals surface area contributed by atoms with Gasteiger partial charge < -0.3 is 26.2 Å². The second kappa shape index (κ2) is 16.6. The van der Waals surface area contributed by atoms with Crippen LogP contribution in [0.2, 0.25) is 0 Å². The first kappa shape index (κ1) is 38.9. The van der Waals surface area contributed by atoms with Gasteiger partial charge in [-0.3, -0.25) is 29.2 Å². The highest BCUT2D eigenvalue weighted by molar-refractivity contribution is 6.03. The normalized spacial score (nSPS) is 21.6. The van der Waals surface area contributed by atoms with E-state index < -0.39 is 17.9 Å². The molecule has 0 radical (unpaired) electrons. The minimum Gasteiger partial charge on any atom is -0.384 e. The van der Waals surface area contributed by atoms with Gasteiger partial charge in [-0.1, -0.05) is 0 Å². The second-order valence-corrected chi connectivity index (χ2v) is 16.7. The van der Waals surface area contributed by atoms with Gasteiger partial charge in [0.1, 0.15) is 23.6 Å². The Bertz CT molecular complexity index is 2390. The van der Waals surface area contributed by atoms with E-state index in [1.165, 1.54) is 6.33 Å². The predicted octanol–water partition coefficient (Wildman–Crippen LogP) is 4.40. The van der Waals surface area contributed by atoms with E-state index in [0.717, 1.165) is 80.5 Å². The van der Waals surface area contributed by atoms with Crippen LogP contribution in [0.1, 0.15) is 87.7 Å². The zero-order chi connectivity index (χ0) is 41.2. The predicted molar refractivity (Wildman–Crippen MR) is 222 cm³/mol. The largest absolute Gasteiger partial charge is 0.384 e. The number of carbonyl (C=O) groups excluding carboxylic acids is 4. The molecule has 2 aliphatic carbocycles. The Balaban J connectivity index is 0.733. The maximum atomic E-state index is 13.6. The molecular weight excluding hydrogens is 765 g/mol. The number of aromatic nitrogens is 8. The number of fused-ring (bicyclic) bond motifs is 1. The van der Waals surface area contributed by atoms with Gasteiger partial charge in [-0.15, -0.1) is 0 Å². The third kappa shape index (κ3) is 8.86. The molecule has 5 aromatic rings. The summed E-state index contributed by atoms with van der Waals surface area (Å²) in [6, 6.07) is 6.71. The third-order valence-electron chi connectivity index (χ3n) is 12.2. The molecule has 60 heavy (non-hydrogen) atoms. The van der Waals surface area contributed by atoms with E-state index in [2.05, 4.69) is 53.6 Å². The molecule has 1 atom stereocenters. The lowest BCUT2D eigenvalue weighted by atomic mass is 9.81. The first-order chi connectivity index (χ1) is 29.1. The summed E-state index contributed by atoms with van der Waals surface area (Å²) in [7, 11) is 0. The summed E-state index contributed by atoms with van der Waals surface area (Å²) in [5.41, 5.74) is 4.74. The van der Waals surface area contributed by atoms with Crippen LogP contribution in [0.3, 0.4) is 0 Å². The van der Waals surface area contributed by atoms with Crippen LogP contribution < -0.4 is 26.6 Å². The van der Waals surface area contributed by atoms with Crippen LogP contribution in [0.5, 0.6) is 0 Å². The fourth-order valence-corrected chi connectivity index (χ4v) is 8.26. The van der Waals surface area contributed by atoms with Crippen molar-refractivity contribution in [1.82, 2.24) is 55.2 Å². The summed E-state index contributed by atoms with van der Waals surface area (Å²) in [5.74, 6) is 0.574. The Morgan fingerprint density at radius 1 is 0.883 bits per heavy atom. The summed E-state index contributed by atoms with van der Waals surface area (Å²) < 4.78 is 1.99. The van der Waals surface area contributed by atoms with E-state index in [1.54, 1.807) is 36.9 Å². The minimum absolute atomic E-state index is 0.0218. The molecule has 4 amide bonds. The second-order valence-electron chi connectivity index (χ2n) is 16.7. The number of carbonyl (C=O) groups is 4. The molecular formula is C42H48N14O4. The Morgan fingerprint density at radius 2 is 1.68 bits per heavy atom. The number of hydrogen-bond acceptors (Lipinski definition) is 14. The molecule has 5 N–H and O–H groups in total. The molecule has 4 fully saturated rings. The standard InChI is InChI=1S/C42H48N14O4/c1-42(14-15-42)54-37-36-32(9-8-31(49-36)27-19-43-24-44-20-27)51-41(53-37)48-29-22-47-56(23-29)30-12-16-55(17-13-30)40(60)26-4-2-25(3-5-26)18-45-28-6-7-33(46-21-28)38(58)50-34-10-11-35(57)52-39(34)59/h6-9,19-26,30,34,45H,2-5,10-18H2,1H3,(H,50,58)(H,52,57,59)(H2,48,51,53,54). The van der Waals surface area contributed by atoms with Crippen molar-refractivity contribution in [2.75, 3.05) is 35.6 Å². The lowest BCUT2D eigenvalue weighted by molar-refractivity contribution is -0.138. The Hall–Kier alpha value is -6.59. The molecule has 1 unspecified atom stereocenters. The average Bonchev–Trinajstić information content (AvgIpc) is 3.82. The van der Waals surface area contributed by atoms with Gasteiger partial charge in [-0.2, -0.15) is 10.1 Å². The quantitative estimate of drug-likeness (QED) is 0.110. The van der Waals surface area contributed by atoms with Crippen molar-refractivity contribution in [3.63, 3.8) is 0 Å². The van der Waals surface area contributed by atoms with Crippen molar-refractivity contribution < 1.29 is 19.2 Å². The summed E-state index contributed by atoms with van der Waals surface area (Å²) in [6.45, 7) is 4.34. The molecule has 2 aliphatic heterocycles. The fraction of sp³-hybridized carbons (Fsp3) is 0.452. The molecule has 7 heterocycles. The molecule has 2 saturated carbocycles. The molecule has 18 heteroatoms. The van der Waals surface area contributed by atoms with Crippen molar-refractivity contribution >= 4 is 57.8 Å². The van der Waals surface area contributed by atoms with E-state index in [-0.39, 0.29) is 47.8 Å². The topological polar surface area (TPSA) is 227 Å². The number of likely N-dealkylation sites (tertiary alicyclic amines) is 1. The first-order valence-electron chi connectivity index (χ1n) is 20.8. The maximum Gasteiger partial charge on any atom is 0.270 e. The van der Waals surface area contributed by atoms with E-state index >= 15 is 0 Å². The Labute approximate surface area is 346 Å². The smallest absolute Gasteiger partial charge is 0.270 e. The number of rotatable bonds is 12. The SMILES string of the molecule is CC1(Nc2nc(Nc3cnn(C4CCN(C(=O)C5CCC(CNc6ccc(C(=O)NC7CCC(=O)NC7=O)nc6)CC5)CC4)c3)nc3ccc(-c4cncnc4)nc23)CC1. The zero-order valence-electron chi connectivity index (χ0n) is 33.4. The average molecular weight is 813 g/mol. The maximum absolute atomic E-state index is 13.6. The lowest BCUT2D eigenvalue weighted by Crippen LogP contribution is -2.52. The molecule has 5 aromatic heterocycles. The number of anilines is 4. The number of nitrogens with one attached hydrogen (secondary N) is 5. The summed E-state index contributed by atoms with van der Waals surface area (Å²) in [6.07, 6.45) is 18.3. The molecule has 0 aromatic carbocycles. The molecule has 0 spiro atoms. The van der Waals surface area contributed by atoms with Gasteiger partial charge >= 0.3 is 0 Å². The van der Waals surface area contributed by atoms with Crippen LogP contribution in [0.15, 0.2) is 61.6 Å². The summed E-state index contributed by atoms with van der Waals surface area (Å²) in [5, 5.41) is 20.0. The van der Waals surface area contributed by atoms with Gasteiger partial charge in [0.25, 0.3) is 5.91 Å². The van der Waals surface area contributed by atoms with Gasteiger partial charge in [0, 0.05) is 61.7 Å². The van der Waals surface area contributed by atoms with Gasteiger partial charge in [-0.05, 0) is 94.9 Å². The van der Waals surface area contributed by atoms with E-state index in [0.29, 0.717) is 41.8 Å². The molecule has 2 saturated heterocycles. The molecule has 18 nitrogen and oxygen atoms in total. The third-order valence-corrected chi connectivity index (χ3v) is 12.2. The van der Waals surface area contributed by atoms with Crippen LogP contribution in [-0.4, -0.2) is 99.4 Å². The monoisotopic (exact) mass is 812 g/mol. The van der Waals surface area contributed by atoms with Crippen molar-refractivity contribution in [2.24, 2.45) is 11.8 Å².